The molecular weight excluding hydrogens is 256 g/mol. The third-order valence-electron chi connectivity index (χ3n) is 3.08. The summed E-state index contributed by atoms with van der Waals surface area (Å²) < 4.78 is 26.2. The van der Waals surface area contributed by atoms with E-state index in [9.17, 15) is 8.78 Å². The SMILES string of the molecule is Fc1ccc(-c2cc(-c3ccccc3)ccn2)cc1F. The monoisotopic (exact) mass is 267 g/mol. The van der Waals surface area contributed by atoms with E-state index >= 15 is 0 Å². The van der Waals surface area contributed by atoms with Gasteiger partial charge in [0.25, 0.3) is 0 Å². The molecule has 0 aliphatic heterocycles. The van der Waals surface area contributed by atoms with Gasteiger partial charge in [-0.05, 0) is 41.5 Å². The molecule has 0 bridgehead atoms. The average molecular weight is 267 g/mol. The van der Waals surface area contributed by atoms with Gasteiger partial charge in [-0.2, -0.15) is 0 Å². The van der Waals surface area contributed by atoms with Crippen LogP contribution in [0.2, 0.25) is 0 Å². The molecule has 2 aromatic carbocycles. The fraction of sp³-hybridized carbons (Fsp3) is 0. The van der Waals surface area contributed by atoms with Crippen LogP contribution in [0.15, 0.2) is 66.9 Å². The van der Waals surface area contributed by atoms with Gasteiger partial charge in [0, 0.05) is 11.8 Å². The molecule has 0 aliphatic rings. The Hall–Kier alpha value is -2.55. The first kappa shape index (κ1) is 12.5. The zero-order valence-electron chi connectivity index (χ0n) is 10.6. The van der Waals surface area contributed by atoms with E-state index in [1.807, 2.05) is 42.5 Å². The number of pyridine rings is 1. The molecule has 0 aliphatic carbocycles. The summed E-state index contributed by atoms with van der Waals surface area (Å²) >= 11 is 0. The normalized spacial score (nSPS) is 10.5. The maximum absolute atomic E-state index is 13.3. The van der Waals surface area contributed by atoms with Crippen molar-refractivity contribution in [1.82, 2.24) is 4.98 Å². The lowest BCUT2D eigenvalue weighted by atomic mass is 10.0. The summed E-state index contributed by atoms with van der Waals surface area (Å²) in [7, 11) is 0. The van der Waals surface area contributed by atoms with E-state index in [-0.39, 0.29) is 0 Å². The van der Waals surface area contributed by atoms with Crippen molar-refractivity contribution in [2.24, 2.45) is 0 Å². The zero-order valence-corrected chi connectivity index (χ0v) is 10.6. The van der Waals surface area contributed by atoms with Crippen molar-refractivity contribution in [3.8, 4) is 22.4 Å². The number of rotatable bonds is 2. The van der Waals surface area contributed by atoms with Crippen LogP contribution in [0.4, 0.5) is 8.78 Å². The molecule has 0 spiro atoms. The molecule has 1 nitrogen and oxygen atoms in total. The minimum Gasteiger partial charge on any atom is -0.256 e. The Bertz CT molecular complexity index is 739. The standard InChI is InChI=1S/C17H11F2N/c18-15-7-6-14(10-16(15)19)17-11-13(8-9-20-17)12-4-2-1-3-5-12/h1-11H. The molecule has 98 valence electrons. The number of halogens is 2. The minimum absolute atomic E-state index is 0.557. The van der Waals surface area contributed by atoms with Gasteiger partial charge in [0.15, 0.2) is 11.6 Å². The van der Waals surface area contributed by atoms with Crippen LogP contribution in [-0.4, -0.2) is 4.98 Å². The van der Waals surface area contributed by atoms with Crippen LogP contribution in [0, 0.1) is 11.6 Å². The predicted molar refractivity (Wildman–Crippen MR) is 75.0 cm³/mol. The van der Waals surface area contributed by atoms with E-state index in [0.29, 0.717) is 11.3 Å². The van der Waals surface area contributed by atoms with E-state index in [4.69, 9.17) is 0 Å². The molecule has 1 heterocycles. The topological polar surface area (TPSA) is 12.9 Å². The van der Waals surface area contributed by atoms with E-state index < -0.39 is 11.6 Å². The fourth-order valence-electron chi connectivity index (χ4n) is 2.05. The van der Waals surface area contributed by atoms with Crippen molar-refractivity contribution in [3.05, 3.63) is 78.5 Å². The lowest BCUT2D eigenvalue weighted by Gasteiger charge is -2.05. The van der Waals surface area contributed by atoms with Crippen molar-refractivity contribution < 1.29 is 8.78 Å². The quantitative estimate of drug-likeness (QED) is 0.656. The molecular formula is C17H11F2N. The predicted octanol–water partition coefficient (Wildman–Crippen LogP) is 4.69. The van der Waals surface area contributed by atoms with Gasteiger partial charge >= 0.3 is 0 Å². The lowest BCUT2D eigenvalue weighted by molar-refractivity contribution is 0.509. The van der Waals surface area contributed by atoms with Crippen LogP contribution in [0.5, 0.6) is 0 Å². The van der Waals surface area contributed by atoms with Crippen molar-refractivity contribution in [1.29, 1.82) is 0 Å². The Morgan fingerprint density at radius 1 is 0.650 bits per heavy atom. The highest BCUT2D eigenvalue weighted by Crippen LogP contribution is 2.25. The Morgan fingerprint density at radius 2 is 1.45 bits per heavy atom. The number of hydrogen-bond acceptors (Lipinski definition) is 1. The van der Waals surface area contributed by atoms with Gasteiger partial charge < -0.3 is 0 Å². The molecule has 0 unspecified atom stereocenters. The number of hydrogen-bond donors (Lipinski definition) is 0. The minimum atomic E-state index is -0.866. The summed E-state index contributed by atoms with van der Waals surface area (Å²) in [5.41, 5.74) is 3.21. The van der Waals surface area contributed by atoms with Crippen molar-refractivity contribution in [2.45, 2.75) is 0 Å². The summed E-state index contributed by atoms with van der Waals surface area (Å²) in [6.45, 7) is 0. The van der Waals surface area contributed by atoms with E-state index in [2.05, 4.69) is 4.98 Å². The Kier molecular flexibility index (Phi) is 3.25. The summed E-state index contributed by atoms with van der Waals surface area (Å²) in [4.78, 5) is 4.22. The number of nitrogens with zero attached hydrogens (tertiary/aromatic N) is 1. The fourth-order valence-corrected chi connectivity index (χ4v) is 2.05. The molecule has 0 atom stereocenters. The molecule has 1 aromatic heterocycles. The second kappa shape index (κ2) is 5.21. The molecule has 0 fully saturated rings. The highest BCUT2D eigenvalue weighted by Gasteiger charge is 2.06. The van der Waals surface area contributed by atoms with Gasteiger partial charge in [-0.25, -0.2) is 8.78 Å². The largest absolute Gasteiger partial charge is 0.256 e. The van der Waals surface area contributed by atoms with E-state index in [0.717, 1.165) is 23.3 Å². The van der Waals surface area contributed by atoms with Gasteiger partial charge in [0.1, 0.15) is 0 Å². The summed E-state index contributed by atoms with van der Waals surface area (Å²) in [6.07, 6.45) is 1.67. The third-order valence-corrected chi connectivity index (χ3v) is 3.08. The first-order chi connectivity index (χ1) is 9.74. The summed E-state index contributed by atoms with van der Waals surface area (Å²) in [5.74, 6) is -1.72. The van der Waals surface area contributed by atoms with Crippen LogP contribution >= 0.6 is 0 Å². The van der Waals surface area contributed by atoms with E-state index in [1.165, 1.54) is 6.07 Å². The summed E-state index contributed by atoms with van der Waals surface area (Å²) in [5, 5.41) is 0. The molecule has 3 aromatic rings. The van der Waals surface area contributed by atoms with Gasteiger partial charge in [0.05, 0.1) is 5.69 Å². The highest BCUT2D eigenvalue weighted by atomic mass is 19.2. The Morgan fingerprint density at radius 3 is 2.20 bits per heavy atom. The molecule has 0 saturated heterocycles. The van der Waals surface area contributed by atoms with Crippen molar-refractivity contribution in [3.63, 3.8) is 0 Å². The maximum atomic E-state index is 13.3. The average Bonchev–Trinajstić information content (AvgIpc) is 2.51. The zero-order chi connectivity index (χ0) is 13.9. The van der Waals surface area contributed by atoms with Crippen molar-refractivity contribution >= 4 is 0 Å². The molecule has 0 amide bonds. The van der Waals surface area contributed by atoms with Crippen molar-refractivity contribution in [2.75, 3.05) is 0 Å². The van der Waals surface area contributed by atoms with Gasteiger partial charge in [-0.1, -0.05) is 30.3 Å². The molecule has 0 radical (unpaired) electrons. The molecule has 3 heteroatoms. The second-order valence-corrected chi connectivity index (χ2v) is 4.42. The molecule has 20 heavy (non-hydrogen) atoms. The van der Waals surface area contributed by atoms with Crippen LogP contribution in [0.1, 0.15) is 0 Å². The van der Waals surface area contributed by atoms with Crippen LogP contribution in [0.3, 0.4) is 0 Å². The molecule has 0 N–H and O–H groups in total. The Labute approximate surface area is 115 Å². The number of aromatic nitrogens is 1. The van der Waals surface area contributed by atoms with Gasteiger partial charge in [-0.15, -0.1) is 0 Å². The third kappa shape index (κ3) is 2.43. The van der Waals surface area contributed by atoms with Crippen LogP contribution < -0.4 is 0 Å². The smallest absolute Gasteiger partial charge is 0.159 e. The van der Waals surface area contributed by atoms with E-state index in [1.54, 1.807) is 6.20 Å². The van der Waals surface area contributed by atoms with Gasteiger partial charge in [0.2, 0.25) is 0 Å². The van der Waals surface area contributed by atoms with Crippen LogP contribution in [0.25, 0.3) is 22.4 Å². The molecule has 3 rings (SSSR count). The molecule has 0 saturated carbocycles. The first-order valence-electron chi connectivity index (χ1n) is 6.21. The first-order valence-corrected chi connectivity index (χ1v) is 6.21. The Balaban J connectivity index is 2.05. The highest BCUT2D eigenvalue weighted by molar-refractivity contribution is 5.70. The summed E-state index contributed by atoms with van der Waals surface area (Å²) in [6, 6.07) is 17.4. The lowest BCUT2D eigenvalue weighted by Crippen LogP contribution is -1.88. The van der Waals surface area contributed by atoms with Gasteiger partial charge in [-0.3, -0.25) is 4.98 Å². The van der Waals surface area contributed by atoms with Crippen LogP contribution in [-0.2, 0) is 0 Å². The maximum Gasteiger partial charge on any atom is 0.159 e. The second-order valence-electron chi connectivity index (χ2n) is 4.42. The number of benzene rings is 2.